The number of furan rings is 1. The summed E-state index contributed by atoms with van der Waals surface area (Å²) in [6.07, 6.45) is 1.62. The lowest BCUT2D eigenvalue weighted by atomic mass is 9.99. The van der Waals surface area contributed by atoms with E-state index in [2.05, 4.69) is 4.98 Å². The van der Waals surface area contributed by atoms with Gasteiger partial charge in [-0.25, -0.2) is 0 Å². The second-order valence-electron chi connectivity index (χ2n) is 6.71. The lowest BCUT2D eigenvalue weighted by Gasteiger charge is -2.23. The van der Waals surface area contributed by atoms with E-state index in [4.69, 9.17) is 16.0 Å². The second kappa shape index (κ2) is 7.56. The molecule has 29 heavy (non-hydrogen) atoms. The molecule has 3 aromatic rings. The predicted octanol–water partition coefficient (Wildman–Crippen LogP) is 4.26. The van der Waals surface area contributed by atoms with Crippen LogP contribution in [0, 0.1) is 6.92 Å². The summed E-state index contributed by atoms with van der Waals surface area (Å²) >= 11 is 6.03. The zero-order valence-electron chi connectivity index (χ0n) is 15.5. The first-order valence-corrected chi connectivity index (χ1v) is 9.34. The Morgan fingerprint density at radius 2 is 2.00 bits per heavy atom. The van der Waals surface area contributed by atoms with Crippen molar-refractivity contribution in [3.05, 3.63) is 94.2 Å². The van der Waals surface area contributed by atoms with Crippen LogP contribution >= 0.6 is 11.6 Å². The van der Waals surface area contributed by atoms with E-state index >= 15 is 0 Å². The molecular weight excluding hydrogens is 392 g/mol. The average Bonchev–Trinajstić information content (AvgIpc) is 3.24. The number of amides is 1. The zero-order valence-corrected chi connectivity index (χ0v) is 16.3. The van der Waals surface area contributed by atoms with Crippen LogP contribution in [0.2, 0.25) is 5.02 Å². The summed E-state index contributed by atoms with van der Waals surface area (Å²) in [5, 5.41) is 11.3. The van der Waals surface area contributed by atoms with Crippen molar-refractivity contribution in [3.8, 4) is 0 Å². The van der Waals surface area contributed by atoms with Crippen molar-refractivity contribution >= 4 is 29.1 Å². The number of carbonyl (C=O) groups is 2. The number of aromatic nitrogens is 1. The minimum Gasteiger partial charge on any atom is -0.507 e. The number of pyridine rings is 1. The van der Waals surface area contributed by atoms with Gasteiger partial charge in [0, 0.05) is 16.8 Å². The smallest absolute Gasteiger partial charge is 0.296 e. The topological polar surface area (TPSA) is 83.6 Å². The first-order chi connectivity index (χ1) is 14.0. The molecular formula is C22H17ClN2O4. The third-order valence-corrected chi connectivity index (χ3v) is 4.96. The fourth-order valence-corrected chi connectivity index (χ4v) is 3.59. The van der Waals surface area contributed by atoms with Crippen molar-refractivity contribution in [1.82, 2.24) is 9.88 Å². The number of nitrogens with zero attached hydrogens (tertiary/aromatic N) is 2. The van der Waals surface area contributed by atoms with Crippen molar-refractivity contribution in [3.63, 3.8) is 0 Å². The van der Waals surface area contributed by atoms with Crippen LogP contribution in [0.5, 0.6) is 0 Å². The van der Waals surface area contributed by atoms with Crippen LogP contribution in [-0.2, 0) is 16.1 Å². The van der Waals surface area contributed by atoms with E-state index in [9.17, 15) is 14.7 Å². The minimum absolute atomic E-state index is 0.0393. The van der Waals surface area contributed by atoms with Gasteiger partial charge in [-0.3, -0.25) is 14.6 Å². The largest absolute Gasteiger partial charge is 0.507 e. The number of aliphatic hydroxyl groups is 1. The molecule has 0 spiro atoms. The first kappa shape index (κ1) is 19.0. The number of rotatable bonds is 4. The molecule has 1 aliphatic heterocycles. The van der Waals surface area contributed by atoms with Gasteiger partial charge in [-0.2, -0.15) is 0 Å². The monoisotopic (exact) mass is 408 g/mol. The van der Waals surface area contributed by atoms with Gasteiger partial charge >= 0.3 is 0 Å². The van der Waals surface area contributed by atoms with Crippen molar-refractivity contribution in [2.45, 2.75) is 19.5 Å². The van der Waals surface area contributed by atoms with Gasteiger partial charge in [0.1, 0.15) is 23.3 Å². The molecule has 1 aromatic carbocycles. The third-order valence-electron chi connectivity index (χ3n) is 4.73. The molecule has 0 bridgehead atoms. The summed E-state index contributed by atoms with van der Waals surface area (Å²) in [5.41, 5.74) is 0.926. The second-order valence-corrected chi connectivity index (χ2v) is 7.14. The van der Waals surface area contributed by atoms with Gasteiger partial charge in [0.05, 0.1) is 17.8 Å². The molecule has 1 atom stereocenters. The molecule has 146 valence electrons. The van der Waals surface area contributed by atoms with Crippen LogP contribution in [0.3, 0.4) is 0 Å². The standard InChI is InChI=1S/C22H17ClN2O4/c1-13-8-9-17(29-13)19-18(20(26)14-5-4-6-15(23)11-14)21(27)22(28)25(19)12-16-7-2-3-10-24-16/h2-11,19,26H,12H2,1H3/b20-18-. The number of aryl methyl sites for hydroxylation is 1. The lowest BCUT2D eigenvalue weighted by molar-refractivity contribution is -0.140. The molecule has 4 rings (SSSR count). The number of ketones is 1. The van der Waals surface area contributed by atoms with Crippen LogP contribution in [0.1, 0.15) is 28.8 Å². The number of halogens is 1. The summed E-state index contributed by atoms with van der Waals surface area (Å²) in [6.45, 7) is 1.87. The molecule has 1 unspecified atom stereocenters. The maximum atomic E-state index is 12.9. The van der Waals surface area contributed by atoms with Crippen molar-refractivity contribution in [2.75, 3.05) is 0 Å². The molecule has 0 radical (unpaired) electrons. The highest BCUT2D eigenvalue weighted by Crippen LogP contribution is 2.40. The summed E-state index contributed by atoms with van der Waals surface area (Å²) in [7, 11) is 0. The van der Waals surface area contributed by atoms with Crippen molar-refractivity contribution in [1.29, 1.82) is 0 Å². The van der Waals surface area contributed by atoms with E-state index in [0.29, 0.717) is 27.8 Å². The Balaban J connectivity index is 1.86. The minimum atomic E-state index is -0.871. The van der Waals surface area contributed by atoms with Crippen LogP contribution in [0.25, 0.3) is 5.76 Å². The normalized spacial score (nSPS) is 18.4. The van der Waals surface area contributed by atoms with Gasteiger partial charge in [-0.05, 0) is 43.3 Å². The van der Waals surface area contributed by atoms with Crippen LogP contribution in [0.15, 0.2) is 70.8 Å². The number of carbonyl (C=O) groups excluding carboxylic acids is 2. The van der Waals surface area contributed by atoms with Gasteiger partial charge in [0.25, 0.3) is 11.7 Å². The number of hydrogen-bond acceptors (Lipinski definition) is 5. The lowest BCUT2D eigenvalue weighted by Crippen LogP contribution is -2.29. The first-order valence-electron chi connectivity index (χ1n) is 8.96. The molecule has 0 saturated carbocycles. The Labute approximate surface area is 172 Å². The van der Waals surface area contributed by atoms with Gasteiger partial charge in [-0.1, -0.05) is 29.8 Å². The Hall–Kier alpha value is -3.38. The van der Waals surface area contributed by atoms with Gasteiger partial charge in [0.15, 0.2) is 0 Å². The Bertz CT molecular complexity index is 1120. The molecule has 7 heteroatoms. The average molecular weight is 409 g/mol. The van der Waals surface area contributed by atoms with Gasteiger partial charge in [-0.15, -0.1) is 0 Å². The fourth-order valence-electron chi connectivity index (χ4n) is 3.40. The Kier molecular flexibility index (Phi) is 4.94. The quantitative estimate of drug-likeness (QED) is 0.396. The van der Waals surface area contributed by atoms with E-state index in [1.165, 1.54) is 11.0 Å². The Morgan fingerprint density at radius 1 is 1.17 bits per heavy atom. The van der Waals surface area contributed by atoms with Crippen molar-refractivity contribution in [2.24, 2.45) is 0 Å². The molecule has 1 N–H and O–H groups in total. The number of aliphatic hydroxyl groups excluding tert-OH is 1. The summed E-state index contributed by atoms with van der Waals surface area (Å²) < 4.78 is 5.73. The van der Waals surface area contributed by atoms with Gasteiger partial charge in [0.2, 0.25) is 0 Å². The molecule has 1 saturated heterocycles. The predicted molar refractivity (Wildman–Crippen MR) is 107 cm³/mol. The van der Waals surface area contributed by atoms with Crippen LogP contribution in [0.4, 0.5) is 0 Å². The number of Topliss-reactive ketones (excluding diaryl/α,β-unsaturated/α-hetero) is 1. The molecule has 3 heterocycles. The SMILES string of the molecule is Cc1ccc(C2/C(=C(/O)c3cccc(Cl)c3)C(=O)C(=O)N2Cc2ccccn2)o1. The van der Waals surface area contributed by atoms with E-state index in [1.54, 1.807) is 61.7 Å². The zero-order chi connectivity index (χ0) is 20.5. The van der Waals surface area contributed by atoms with E-state index in [0.717, 1.165) is 0 Å². The highest BCUT2D eigenvalue weighted by molar-refractivity contribution is 6.46. The summed E-state index contributed by atoms with van der Waals surface area (Å²) in [5.74, 6) is -0.781. The maximum Gasteiger partial charge on any atom is 0.296 e. The van der Waals surface area contributed by atoms with Crippen LogP contribution in [-0.4, -0.2) is 26.7 Å². The molecule has 6 nitrogen and oxygen atoms in total. The summed E-state index contributed by atoms with van der Waals surface area (Å²) in [4.78, 5) is 31.3. The molecule has 1 fully saturated rings. The van der Waals surface area contributed by atoms with Crippen LogP contribution < -0.4 is 0 Å². The number of benzene rings is 1. The fraction of sp³-hybridized carbons (Fsp3) is 0.136. The highest BCUT2D eigenvalue weighted by atomic mass is 35.5. The Morgan fingerprint density at radius 3 is 2.66 bits per heavy atom. The molecule has 0 aliphatic carbocycles. The number of likely N-dealkylation sites (tertiary alicyclic amines) is 1. The highest BCUT2D eigenvalue weighted by Gasteiger charge is 2.47. The van der Waals surface area contributed by atoms with Gasteiger partial charge < -0.3 is 14.4 Å². The third kappa shape index (κ3) is 3.54. The summed E-state index contributed by atoms with van der Waals surface area (Å²) in [6, 6.07) is 14.4. The molecule has 1 amide bonds. The number of hydrogen-bond donors (Lipinski definition) is 1. The maximum absolute atomic E-state index is 12.9. The van der Waals surface area contributed by atoms with E-state index in [1.807, 2.05) is 0 Å². The van der Waals surface area contributed by atoms with Crippen molar-refractivity contribution < 1.29 is 19.1 Å². The van der Waals surface area contributed by atoms with E-state index in [-0.39, 0.29) is 17.9 Å². The van der Waals surface area contributed by atoms with E-state index < -0.39 is 17.7 Å². The molecule has 2 aromatic heterocycles. The molecule has 1 aliphatic rings.